The van der Waals surface area contributed by atoms with E-state index in [-0.39, 0.29) is 23.2 Å². The first-order valence-corrected chi connectivity index (χ1v) is 10.5. The van der Waals surface area contributed by atoms with Crippen molar-refractivity contribution in [2.75, 3.05) is 11.1 Å². The molecule has 3 heterocycles. The van der Waals surface area contributed by atoms with E-state index in [0.29, 0.717) is 21.9 Å². The van der Waals surface area contributed by atoms with Gasteiger partial charge in [-0.15, -0.1) is 0 Å². The van der Waals surface area contributed by atoms with Crippen molar-refractivity contribution in [1.29, 1.82) is 0 Å². The van der Waals surface area contributed by atoms with E-state index in [1.54, 1.807) is 4.68 Å². The van der Waals surface area contributed by atoms with Gasteiger partial charge in [0.05, 0.1) is 23.3 Å². The molecule has 2 aromatic heterocycles. The van der Waals surface area contributed by atoms with Crippen LogP contribution in [0.25, 0.3) is 11.0 Å². The van der Waals surface area contributed by atoms with Gasteiger partial charge in [0.2, 0.25) is 5.91 Å². The SMILES string of the molecule is CC(C)(C)n1ncc2c(=O)n3c(nc21)SCC3CC(=O)Nc1cccc(C(F)(F)F)c1. The second kappa shape index (κ2) is 7.40. The molecule has 0 aliphatic carbocycles. The Hall–Kier alpha value is -2.82. The minimum Gasteiger partial charge on any atom is -0.326 e. The van der Waals surface area contributed by atoms with Gasteiger partial charge in [0.15, 0.2) is 10.8 Å². The first-order chi connectivity index (χ1) is 14.4. The molecule has 1 unspecified atom stereocenters. The first kappa shape index (κ1) is 21.4. The maximum absolute atomic E-state index is 13.1. The number of hydrogen-bond acceptors (Lipinski definition) is 5. The second-order valence-corrected chi connectivity index (χ2v) is 9.32. The molecule has 31 heavy (non-hydrogen) atoms. The zero-order chi connectivity index (χ0) is 22.6. The number of fused-ring (bicyclic) bond motifs is 2. The highest BCUT2D eigenvalue weighted by atomic mass is 32.2. The number of carbonyl (C=O) groups excluding carboxylic acids is 1. The van der Waals surface area contributed by atoms with Gasteiger partial charge in [-0.25, -0.2) is 9.67 Å². The molecule has 1 N–H and O–H groups in total. The van der Waals surface area contributed by atoms with Crippen LogP contribution in [0.15, 0.2) is 40.4 Å². The molecule has 1 atom stereocenters. The number of alkyl halides is 3. The average Bonchev–Trinajstić information content (AvgIpc) is 3.26. The third-order valence-electron chi connectivity index (χ3n) is 4.90. The number of carbonyl (C=O) groups is 1. The highest BCUT2D eigenvalue weighted by molar-refractivity contribution is 7.99. The van der Waals surface area contributed by atoms with Crippen LogP contribution in [0.4, 0.5) is 18.9 Å². The van der Waals surface area contributed by atoms with E-state index in [2.05, 4.69) is 15.4 Å². The molecule has 0 radical (unpaired) electrons. The maximum Gasteiger partial charge on any atom is 0.416 e. The van der Waals surface area contributed by atoms with Gasteiger partial charge in [0.25, 0.3) is 5.56 Å². The van der Waals surface area contributed by atoms with E-state index < -0.39 is 23.7 Å². The van der Waals surface area contributed by atoms with Gasteiger partial charge in [-0.3, -0.25) is 14.2 Å². The van der Waals surface area contributed by atoms with Crippen LogP contribution in [0.2, 0.25) is 0 Å². The second-order valence-electron chi connectivity index (χ2n) is 8.33. The molecule has 1 aliphatic heterocycles. The Morgan fingerprint density at radius 1 is 1.29 bits per heavy atom. The van der Waals surface area contributed by atoms with E-state index in [1.165, 1.54) is 34.7 Å². The molecule has 11 heteroatoms. The highest BCUT2D eigenvalue weighted by Gasteiger charge is 2.32. The first-order valence-electron chi connectivity index (χ1n) is 9.56. The van der Waals surface area contributed by atoms with E-state index in [9.17, 15) is 22.8 Å². The van der Waals surface area contributed by atoms with E-state index in [4.69, 9.17) is 0 Å². The van der Waals surface area contributed by atoms with Gasteiger partial charge in [0.1, 0.15) is 5.39 Å². The summed E-state index contributed by atoms with van der Waals surface area (Å²) in [6.45, 7) is 5.88. The fraction of sp³-hybridized carbons (Fsp3) is 0.400. The van der Waals surface area contributed by atoms with E-state index in [1.807, 2.05) is 20.8 Å². The van der Waals surface area contributed by atoms with Crippen LogP contribution >= 0.6 is 11.8 Å². The molecule has 0 saturated heterocycles. The van der Waals surface area contributed by atoms with Crippen molar-refractivity contribution >= 4 is 34.4 Å². The van der Waals surface area contributed by atoms with Crippen molar-refractivity contribution in [1.82, 2.24) is 19.3 Å². The molecule has 3 aromatic rings. The summed E-state index contributed by atoms with van der Waals surface area (Å²) in [5.74, 6) is -0.0106. The van der Waals surface area contributed by atoms with Gasteiger partial charge in [-0.2, -0.15) is 18.3 Å². The molecule has 0 saturated carbocycles. The number of benzene rings is 1. The molecule has 1 amide bonds. The molecule has 1 aromatic carbocycles. The summed E-state index contributed by atoms with van der Waals surface area (Å²) in [7, 11) is 0. The molecular weight excluding hydrogens is 431 g/mol. The summed E-state index contributed by atoms with van der Waals surface area (Å²) in [5.41, 5.74) is -0.931. The number of halogens is 3. The Balaban J connectivity index is 1.58. The largest absolute Gasteiger partial charge is 0.416 e. The van der Waals surface area contributed by atoms with Gasteiger partial charge in [-0.05, 0) is 39.0 Å². The third kappa shape index (κ3) is 4.06. The Bertz CT molecular complexity index is 1230. The highest BCUT2D eigenvalue weighted by Crippen LogP contribution is 2.34. The van der Waals surface area contributed by atoms with Gasteiger partial charge < -0.3 is 5.32 Å². The zero-order valence-electron chi connectivity index (χ0n) is 17.0. The molecular formula is C20H20F3N5O2S. The van der Waals surface area contributed by atoms with Crippen molar-refractivity contribution in [2.24, 2.45) is 0 Å². The van der Waals surface area contributed by atoms with E-state index >= 15 is 0 Å². The van der Waals surface area contributed by atoms with Crippen LogP contribution in [0.3, 0.4) is 0 Å². The normalized spacial score (nSPS) is 16.5. The summed E-state index contributed by atoms with van der Waals surface area (Å²) in [6, 6.07) is 3.99. The lowest BCUT2D eigenvalue weighted by Gasteiger charge is -2.20. The molecule has 0 bridgehead atoms. The van der Waals surface area contributed by atoms with Crippen LogP contribution in [0.5, 0.6) is 0 Å². The topological polar surface area (TPSA) is 81.8 Å². The van der Waals surface area contributed by atoms with Crippen LogP contribution in [-0.2, 0) is 16.5 Å². The quantitative estimate of drug-likeness (QED) is 0.608. The van der Waals surface area contributed by atoms with E-state index in [0.717, 1.165) is 12.1 Å². The standard InChI is InChI=1S/C20H20F3N5O2S/c1-19(2,3)28-16-14(9-24-28)17(30)27-13(10-31-18(27)26-16)8-15(29)25-12-6-4-5-11(7-12)20(21,22)23/h4-7,9,13H,8,10H2,1-3H3,(H,25,29). The van der Waals surface area contributed by atoms with Crippen LogP contribution in [-0.4, -0.2) is 31.0 Å². The number of amides is 1. The number of nitrogens with zero attached hydrogens (tertiary/aromatic N) is 4. The number of aromatic nitrogens is 4. The fourth-order valence-electron chi connectivity index (χ4n) is 3.47. The van der Waals surface area contributed by atoms with Gasteiger partial charge >= 0.3 is 6.18 Å². The molecule has 4 rings (SSSR count). The number of thioether (sulfide) groups is 1. The Kier molecular flexibility index (Phi) is 5.11. The molecule has 7 nitrogen and oxygen atoms in total. The number of anilines is 1. The predicted octanol–water partition coefficient (Wildman–Crippen LogP) is 4.04. The van der Waals surface area contributed by atoms with Crippen molar-refractivity contribution in [3.05, 3.63) is 46.4 Å². The lowest BCUT2D eigenvalue weighted by Crippen LogP contribution is -2.29. The summed E-state index contributed by atoms with van der Waals surface area (Å²) in [6.07, 6.45) is -3.08. The summed E-state index contributed by atoms with van der Waals surface area (Å²) in [4.78, 5) is 30.2. The van der Waals surface area contributed by atoms with Crippen molar-refractivity contribution in [3.8, 4) is 0 Å². The van der Waals surface area contributed by atoms with Crippen LogP contribution in [0.1, 0.15) is 38.8 Å². The van der Waals surface area contributed by atoms with Gasteiger partial charge in [-0.1, -0.05) is 17.8 Å². The Labute approximate surface area is 179 Å². The van der Waals surface area contributed by atoms with Crippen molar-refractivity contribution in [3.63, 3.8) is 0 Å². The van der Waals surface area contributed by atoms with Crippen molar-refractivity contribution in [2.45, 2.75) is 50.1 Å². The zero-order valence-corrected chi connectivity index (χ0v) is 17.8. The predicted molar refractivity (Wildman–Crippen MR) is 111 cm³/mol. The van der Waals surface area contributed by atoms with Crippen LogP contribution in [0, 0.1) is 0 Å². The van der Waals surface area contributed by atoms with Crippen LogP contribution < -0.4 is 10.9 Å². The lowest BCUT2D eigenvalue weighted by atomic mass is 10.1. The summed E-state index contributed by atoms with van der Waals surface area (Å²) in [5, 5.41) is 7.66. The lowest BCUT2D eigenvalue weighted by molar-refractivity contribution is -0.137. The number of rotatable bonds is 3. The number of hydrogen-bond donors (Lipinski definition) is 1. The Morgan fingerprint density at radius 2 is 2.03 bits per heavy atom. The van der Waals surface area contributed by atoms with Gasteiger partial charge in [0, 0.05) is 17.9 Å². The van der Waals surface area contributed by atoms with Crippen molar-refractivity contribution < 1.29 is 18.0 Å². The maximum atomic E-state index is 13.1. The smallest absolute Gasteiger partial charge is 0.326 e. The minimum absolute atomic E-state index is 0.0538. The molecule has 164 valence electrons. The summed E-state index contributed by atoms with van der Waals surface area (Å²) >= 11 is 1.36. The molecule has 0 fully saturated rings. The average molecular weight is 451 g/mol. The minimum atomic E-state index is -4.50. The monoisotopic (exact) mass is 451 g/mol. The number of nitrogens with one attached hydrogen (secondary N) is 1. The Morgan fingerprint density at radius 3 is 2.71 bits per heavy atom. The third-order valence-corrected chi connectivity index (χ3v) is 6.00. The fourth-order valence-corrected chi connectivity index (χ4v) is 4.60. The molecule has 1 aliphatic rings. The molecule has 0 spiro atoms. The summed E-state index contributed by atoms with van der Waals surface area (Å²) < 4.78 is 41.8.